The minimum Gasteiger partial charge on any atom is -0.481 e. The summed E-state index contributed by atoms with van der Waals surface area (Å²) in [6, 6.07) is -1.66. The number of ether oxygens (including phenoxy) is 1. The zero-order chi connectivity index (χ0) is 15.9. The van der Waals surface area contributed by atoms with Gasteiger partial charge < -0.3 is 4.74 Å². The van der Waals surface area contributed by atoms with E-state index < -0.39 is 29.2 Å². The van der Waals surface area contributed by atoms with Crippen LogP contribution in [0.5, 0.6) is 0 Å². The SMILES string of the molecule is CCON1C(=O)COC2=C1C(=O)C(n1nn[nH]c1=O)C(F)=C2. The minimum atomic E-state index is -1.66. The highest BCUT2D eigenvalue weighted by atomic mass is 19.1. The average Bonchev–Trinajstić information content (AvgIpc) is 2.88. The summed E-state index contributed by atoms with van der Waals surface area (Å²) in [5.41, 5.74) is -1.14. The zero-order valence-corrected chi connectivity index (χ0v) is 11.3. The molecule has 0 saturated heterocycles. The number of ketones is 1. The summed E-state index contributed by atoms with van der Waals surface area (Å²) in [6.45, 7) is 1.34. The number of halogens is 1. The Bertz CT molecular complexity index is 763. The highest BCUT2D eigenvalue weighted by molar-refractivity contribution is 6.04. The van der Waals surface area contributed by atoms with Crippen LogP contribution < -0.4 is 5.69 Å². The van der Waals surface area contributed by atoms with Crippen molar-refractivity contribution in [2.75, 3.05) is 13.2 Å². The Morgan fingerprint density at radius 3 is 2.91 bits per heavy atom. The van der Waals surface area contributed by atoms with Gasteiger partial charge in [0.2, 0.25) is 5.78 Å². The van der Waals surface area contributed by atoms with Crippen LogP contribution in [0.4, 0.5) is 4.39 Å². The van der Waals surface area contributed by atoms with E-state index in [4.69, 9.17) is 9.57 Å². The Kier molecular flexibility index (Phi) is 3.33. The van der Waals surface area contributed by atoms with Gasteiger partial charge in [-0.1, -0.05) is 0 Å². The van der Waals surface area contributed by atoms with Gasteiger partial charge in [0.05, 0.1) is 6.61 Å². The van der Waals surface area contributed by atoms with E-state index in [0.717, 1.165) is 11.1 Å². The summed E-state index contributed by atoms with van der Waals surface area (Å²) in [7, 11) is 0. The van der Waals surface area contributed by atoms with Gasteiger partial charge >= 0.3 is 5.69 Å². The van der Waals surface area contributed by atoms with Crippen molar-refractivity contribution in [1.29, 1.82) is 0 Å². The number of hydrogen-bond donors (Lipinski definition) is 1. The quantitative estimate of drug-likeness (QED) is 0.757. The van der Waals surface area contributed by atoms with Crippen LogP contribution in [0.2, 0.25) is 0 Å². The Hall–Kier alpha value is -2.82. The molecule has 1 atom stereocenters. The topological polar surface area (TPSA) is 119 Å². The fraction of sp³-hybridized carbons (Fsp3) is 0.364. The largest absolute Gasteiger partial charge is 0.481 e. The number of aromatic amines is 1. The molecule has 1 aromatic rings. The van der Waals surface area contributed by atoms with E-state index in [0.29, 0.717) is 4.68 Å². The van der Waals surface area contributed by atoms with Gasteiger partial charge in [0, 0.05) is 6.08 Å². The highest BCUT2D eigenvalue weighted by Gasteiger charge is 2.43. The lowest BCUT2D eigenvalue weighted by Gasteiger charge is -2.32. The summed E-state index contributed by atoms with van der Waals surface area (Å²) < 4.78 is 19.8. The zero-order valence-electron chi connectivity index (χ0n) is 11.3. The van der Waals surface area contributed by atoms with Crippen molar-refractivity contribution in [3.8, 4) is 0 Å². The number of aromatic nitrogens is 4. The third-order valence-corrected chi connectivity index (χ3v) is 3.02. The van der Waals surface area contributed by atoms with Gasteiger partial charge in [0.15, 0.2) is 24.1 Å². The third-order valence-electron chi connectivity index (χ3n) is 3.02. The summed E-state index contributed by atoms with van der Waals surface area (Å²) in [5.74, 6) is -2.60. The molecule has 0 saturated carbocycles. The predicted molar refractivity (Wildman–Crippen MR) is 65.3 cm³/mol. The van der Waals surface area contributed by atoms with Crippen molar-refractivity contribution in [3.63, 3.8) is 0 Å². The average molecular weight is 311 g/mol. The molecule has 11 heteroatoms. The van der Waals surface area contributed by atoms with Crippen molar-refractivity contribution in [2.24, 2.45) is 0 Å². The lowest BCUT2D eigenvalue weighted by molar-refractivity contribution is -0.185. The van der Waals surface area contributed by atoms with Gasteiger partial charge in [-0.2, -0.15) is 9.75 Å². The van der Waals surface area contributed by atoms with Crippen molar-refractivity contribution in [3.05, 3.63) is 33.8 Å². The van der Waals surface area contributed by atoms with Gasteiger partial charge in [-0.05, 0) is 17.4 Å². The maximum atomic E-state index is 14.2. The van der Waals surface area contributed by atoms with E-state index in [1.807, 2.05) is 5.10 Å². The lowest BCUT2D eigenvalue weighted by Crippen LogP contribution is -2.45. The standard InChI is InChI=1S/C11H10FN5O5/c1-2-22-17-7(18)4-21-6-3-5(12)8(10(19)9(6)17)16-11(20)13-14-15-16/h3,8H,2,4H2,1H3,(H,13,15,20). The van der Waals surface area contributed by atoms with Gasteiger partial charge in [-0.15, -0.1) is 0 Å². The molecule has 3 rings (SSSR count). The minimum absolute atomic E-state index is 0.108. The molecule has 0 spiro atoms. The molecule has 1 amide bonds. The van der Waals surface area contributed by atoms with E-state index in [1.54, 1.807) is 6.92 Å². The Labute approximate surface area is 121 Å². The fourth-order valence-corrected chi connectivity index (χ4v) is 2.15. The van der Waals surface area contributed by atoms with Crippen molar-refractivity contribution in [2.45, 2.75) is 13.0 Å². The third kappa shape index (κ3) is 2.02. The van der Waals surface area contributed by atoms with Crippen LogP contribution in [-0.2, 0) is 19.2 Å². The summed E-state index contributed by atoms with van der Waals surface area (Å²) in [6.07, 6.45) is 0.918. The number of carbonyl (C=O) groups excluding carboxylic acids is 2. The molecular weight excluding hydrogens is 301 g/mol. The summed E-state index contributed by atoms with van der Waals surface area (Å²) in [5, 5.41) is 9.29. The fourth-order valence-electron chi connectivity index (χ4n) is 2.15. The number of hydrogen-bond acceptors (Lipinski definition) is 7. The molecule has 1 aliphatic heterocycles. The summed E-state index contributed by atoms with van der Waals surface area (Å²) in [4.78, 5) is 40.9. The number of tetrazole rings is 1. The first kappa shape index (κ1) is 14.1. The van der Waals surface area contributed by atoms with E-state index in [1.165, 1.54) is 0 Å². The van der Waals surface area contributed by atoms with E-state index >= 15 is 0 Å². The number of Topliss-reactive ketones (excluding diaryl/α,β-unsaturated/α-hetero) is 1. The maximum absolute atomic E-state index is 14.2. The molecule has 1 unspecified atom stereocenters. The maximum Gasteiger partial charge on any atom is 0.362 e. The molecular formula is C11H10FN5O5. The Morgan fingerprint density at radius 1 is 1.50 bits per heavy atom. The summed E-state index contributed by atoms with van der Waals surface area (Å²) >= 11 is 0. The molecule has 0 bridgehead atoms. The second kappa shape index (κ2) is 5.18. The molecule has 0 aromatic carbocycles. The van der Waals surface area contributed by atoms with E-state index in [9.17, 15) is 18.8 Å². The van der Waals surface area contributed by atoms with Gasteiger partial charge in [-0.25, -0.2) is 14.3 Å². The molecule has 10 nitrogen and oxygen atoms in total. The van der Waals surface area contributed by atoms with Gasteiger partial charge in [0.1, 0.15) is 5.83 Å². The van der Waals surface area contributed by atoms with Gasteiger partial charge in [0.25, 0.3) is 5.91 Å². The smallest absolute Gasteiger partial charge is 0.362 e. The number of carbonyl (C=O) groups is 2. The van der Waals surface area contributed by atoms with Crippen LogP contribution in [0.25, 0.3) is 0 Å². The molecule has 22 heavy (non-hydrogen) atoms. The molecule has 2 aliphatic rings. The lowest BCUT2D eigenvalue weighted by atomic mass is 10.0. The number of rotatable bonds is 3. The Morgan fingerprint density at radius 2 is 2.27 bits per heavy atom. The molecule has 1 N–H and O–H groups in total. The number of H-pyrrole nitrogens is 1. The van der Waals surface area contributed by atoms with Crippen LogP contribution in [0.3, 0.4) is 0 Å². The number of hydroxylamine groups is 2. The van der Waals surface area contributed by atoms with Crippen LogP contribution >= 0.6 is 0 Å². The molecule has 116 valence electrons. The highest BCUT2D eigenvalue weighted by Crippen LogP contribution is 2.34. The van der Waals surface area contributed by atoms with E-state index in [-0.39, 0.29) is 24.7 Å². The second-order valence-corrected chi connectivity index (χ2v) is 4.35. The monoisotopic (exact) mass is 311 g/mol. The van der Waals surface area contributed by atoms with Crippen molar-refractivity contribution < 1.29 is 23.6 Å². The van der Waals surface area contributed by atoms with Crippen molar-refractivity contribution >= 4 is 11.7 Å². The van der Waals surface area contributed by atoms with Crippen LogP contribution in [-0.4, -0.2) is 50.2 Å². The van der Waals surface area contributed by atoms with E-state index in [2.05, 4.69) is 10.4 Å². The molecule has 1 aromatic heterocycles. The number of nitrogens with zero attached hydrogens (tertiary/aromatic N) is 4. The van der Waals surface area contributed by atoms with Crippen molar-refractivity contribution in [1.82, 2.24) is 25.3 Å². The normalized spacial score (nSPS) is 21.6. The van der Waals surface area contributed by atoms with Gasteiger partial charge in [-0.3, -0.25) is 14.4 Å². The molecule has 2 heterocycles. The first-order valence-corrected chi connectivity index (χ1v) is 6.28. The Balaban J connectivity index is 2.09. The molecule has 1 aliphatic carbocycles. The molecule has 0 fully saturated rings. The first-order valence-electron chi connectivity index (χ1n) is 6.28. The predicted octanol–water partition coefficient (Wildman–Crippen LogP) is -1.03. The van der Waals surface area contributed by atoms with Crippen LogP contribution in [0, 0.1) is 0 Å². The molecule has 0 radical (unpaired) electrons. The number of nitrogens with one attached hydrogen (secondary N) is 1. The number of allylic oxidation sites excluding steroid dienone is 3. The van der Waals surface area contributed by atoms with Crippen LogP contribution in [0.1, 0.15) is 13.0 Å². The van der Waals surface area contributed by atoms with Crippen LogP contribution in [0.15, 0.2) is 28.2 Å². The number of amides is 1. The first-order chi connectivity index (χ1) is 10.5. The second-order valence-electron chi connectivity index (χ2n) is 4.35.